The number of hydrogen-bond acceptors (Lipinski definition) is 8. The van der Waals surface area contributed by atoms with Crippen LogP contribution in [0.2, 0.25) is 0 Å². The molecular formula is C23H25N7O2S. The monoisotopic (exact) mass is 463 g/mol. The van der Waals surface area contributed by atoms with E-state index in [2.05, 4.69) is 26.2 Å². The maximum absolute atomic E-state index is 12.0. The van der Waals surface area contributed by atoms with Crippen LogP contribution in [0.15, 0.2) is 55.3 Å². The van der Waals surface area contributed by atoms with E-state index in [1.807, 2.05) is 48.3 Å². The van der Waals surface area contributed by atoms with Gasteiger partial charge in [-0.05, 0) is 30.5 Å². The Morgan fingerprint density at radius 2 is 2.12 bits per heavy atom. The van der Waals surface area contributed by atoms with Crippen LogP contribution in [0.4, 0.5) is 16.6 Å². The largest absolute Gasteiger partial charge is 0.364 e. The van der Waals surface area contributed by atoms with Gasteiger partial charge in [-0.15, -0.1) is 0 Å². The Morgan fingerprint density at radius 3 is 2.85 bits per heavy atom. The molecule has 1 saturated heterocycles. The highest BCUT2D eigenvalue weighted by Crippen LogP contribution is 2.29. The number of nitrogens with zero attached hydrogens (tertiary/aromatic N) is 5. The lowest BCUT2D eigenvalue weighted by atomic mass is 10.0. The number of hydrogen-bond donors (Lipinski definition) is 2. The van der Waals surface area contributed by atoms with E-state index in [1.54, 1.807) is 4.90 Å². The molecule has 0 bridgehead atoms. The number of likely N-dealkylation sites (tertiary alicyclic amines) is 1. The van der Waals surface area contributed by atoms with E-state index < -0.39 is 5.91 Å². The average molecular weight is 464 g/mol. The van der Waals surface area contributed by atoms with Crippen molar-refractivity contribution in [3.8, 4) is 11.3 Å². The van der Waals surface area contributed by atoms with E-state index in [-0.39, 0.29) is 23.5 Å². The van der Waals surface area contributed by atoms with Crippen LogP contribution >= 0.6 is 11.5 Å². The van der Waals surface area contributed by atoms with Gasteiger partial charge in [0.05, 0.1) is 11.9 Å². The zero-order valence-corrected chi connectivity index (χ0v) is 19.1. The lowest BCUT2D eigenvalue weighted by molar-refractivity contribution is -0.127. The standard InChI is InChI=1S/C23H25N7O2S/c1-3-20(31)30-11-7-10-16(14-30)29(2)18-13-25-21(22(24)32)23(26-18)27-19-12-17(28-33-19)15-8-5-4-6-9-15/h3-6,8-9,12-13,16H,1,7,10-11,14H2,2H3,(H2,24,32)(H,26,27). The highest BCUT2D eigenvalue weighted by atomic mass is 32.1. The predicted octanol–water partition coefficient (Wildman–Crippen LogP) is 3.06. The molecule has 1 atom stereocenters. The number of benzene rings is 1. The van der Waals surface area contributed by atoms with Gasteiger partial charge in [0.25, 0.3) is 5.91 Å². The summed E-state index contributed by atoms with van der Waals surface area (Å²) in [5.74, 6) is 0.0931. The minimum atomic E-state index is -0.674. The Morgan fingerprint density at radius 1 is 1.33 bits per heavy atom. The molecule has 1 fully saturated rings. The molecule has 4 rings (SSSR count). The SMILES string of the molecule is C=CC(=O)N1CCCC(N(C)c2cnc(C(N)=O)c(Nc3cc(-c4ccccc4)ns3)n2)C1. The molecule has 0 radical (unpaired) electrons. The van der Waals surface area contributed by atoms with Crippen LogP contribution in [0, 0.1) is 0 Å². The first-order valence-electron chi connectivity index (χ1n) is 10.6. The minimum Gasteiger partial charge on any atom is -0.364 e. The van der Waals surface area contributed by atoms with Gasteiger partial charge < -0.3 is 20.9 Å². The lowest BCUT2D eigenvalue weighted by Gasteiger charge is -2.37. The zero-order chi connectivity index (χ0) is 23.4. The highest BCUT2D eigenvalue weighted by Gasteiger charge is 2.27. The van der Waals surface area contributed by atoms with Gasteiger partial charge in [-0.1, -0.05) is 36.9 Å². The number of aromatic nitrogens is 3. The number of nitrogens with one attached hydrogen (secondary N) is 1. The molecule has 3 aromatic rings. The first-order valence-corrected chi connectivity index (χ1v) is 11.3. The van der Waals surface area contributed by atoms with Gasteiger partial charge >= 0.3 is 0 Å². The van der Waals surface area contributed by atoms with Gasteiger partial charge in [0.2, 0.25) is 5.91 Å². The Bertz CT molecular complexity index is 1160. The highest BCUT2D eigenvalue weighted by molar-refractivity contribution is 7.10. The number of nitrogens with two attached hydrogens (primary N) is 1. The molecule has 9 nitrogen and oxygen atoms in total. The molecule has 10 heteroatoms. The number of anilines is 3. The maximum Gasteiger partial charge on any atom is 0.271 e. The number of carbonyl (C=O) groups is 2. The molecule has 33 heavy (non-hydrogen) atoms. The molecule has 0 saturated carbocycles. The van der Waals surface area contributed by atoms with Gasteiger partial charge in [0.1, 0.15) is 10.8 Å². The van der Waals surface area contributed by atoms with E-state index in [1.165, 1.54) is 23.8 Å². The van der Waals surface area contributed by atoms with Crippen molar-refractivity contribution in [3.63, 3.8) is 0 Å². The summed E-state index contributed by atoms with van der Waals surface area (Å²) in [4.78, 5) is 36.7. The molecule has 170 valence electrons. The van der Waals surface area contributed by atoms with Gasteiger partial charge in [-0.25, -0.2) is 9.97 Å². The summed E-state index contributed by atoms with van der Waals surface area (Å²) in [6, 6.07) is 11.8. The second kappa shape index (κ2) is 9.78. The summed E-state index contributed by atoms with van der Waals surface area (Å²) in [5.41, 5.74) is 7.40. The topological polar surface area (TPSA) is 117 Å². The fraction of sp³-hybridized carbons (Fsp3) is 0.261. The van der Waals surface area contributed by atoms with Crippen LogP contribution in [-0.4, -0.2) is 57.2 Å². The number of amides is 2. The van der Waals surface area contributed by atoms with Crippen molar-refractivity contribution in [1.29, 1.82) is 0 Å². The van der Waals surface area contributed by atoms with Gasteiger partial charge in [-0.2, -0.15) is 4.37 Å². The molecule has 1 aliphatic heterocycles. The number of primary amides is 1. The van der Waals surface area contributed by atoms with Crippen molar-refractivity contribution in [2.24, 2.45) is 5.73 Å². The van der Waals surface area contributed by atoms with Crippen molar-refractivity contribution >= 4 is 40.0 Å². The molecular weight excluding hydrogens is 438 g/mol. The number of rotatable bonds is 7. The predicted molar refractivity (Wildman–Crippen MR) is 130 cm³/mol. The molecule has 2 aromatic heterocycles. The third-order valence-electron chi connectivity index (χ3n) is 5.61. The van der Waals surface area contributed by atoms with E-state index in [0.717, 1.165) is 24.1 Å². The Labute approximate surface area is 196 Å². The zero-order valence-electron chi connectivity index (χ0n) is 18.3. The summed E-state index contributed by atoms with van der Waals surface area (Å²) in [5, 5.41) is 3.87. The van der Waals surface area contributed by atoms with E-state index in [0.29, 0.717) is 23.9 Å². The molecule has 0 spiro atoms. The third-order valence-corrected chi connectivity index (χ3v) is 6.31. The fourth-order valence-corrected chi connectivity index (χ4v) is 4.46. The lowest BCUT2D eigenvalue weighted by Crippen LogP contribution is -2.48. The second-order valence-electron chi connectivity index (χ2n) is 7.75. The van der Waals surface area contributed by atoms with Crippen LogP contribution in [0.1, 0.15) is 23.3 Å². The summed E-state index contributed by atoms with van der Waals surface area (Å²) in [6.45, 7) is 4.86. The van der Waals surface area contributed by atoms with E-state index >= 15 is 0 Å². The quantitative estimate of drug-likeness (QED) is 0.517. The van der Waals surface area contributed by atoms with Crippen LogP contribution in [-0.2, 0) is 4.79 Å². The summed E-state index contributed by atoms with van der Waals surface area (Å²) in [6.07, 6.45) is 4.66. The smallest absolute Gasteiger partial charge is 0.271 e. The van der Waals surface area contributed by atoms with Crippen LogP contribution in [0.3, 0.4) is 0 Å². The third kappa shape index (κ3) is 5.01. The summed E-state index contributed by atoms with van der Waals surface area (Å²) < 4.78 is 4.48. The Hall–Kier alpha value is -3.79. The van der Waals surface area contributed by atoms with E-state index in [4.69, 9.17) is 5.73 Å². The van der Waals surface area contributed by atoms with Crippen LogP contribution in [0.25, 0.3) is 11.3 Å². The van der Waals surface area contributed by atoms with Gasteiger partial charge in [0.15, 0.2) is 11.5 Å². The van der Waals surface area contributed by atoms with Gasteiger partial charge in [-0.3, -0.25) is 9.59 Å². The summed E-state index contributed by atoms with van der Waals surface area (Å²) >= 11 is 1.26. The molecule has 1 unspecified atom stereocenters. The van der Waals surface area contributed by atoms with Crippen molar-refractivity contribution in [3.05, 3.63) is 60.9 Å². The van der Waals surface area contributed by atoms with Crippen molar-refractivity contribution in [2.75, 3.05) is 30.4 Å². The Kier molecular flexibility index (Phi) is 6.64. The maximum atomic E-state index is 12.0. The number of piperidine rings is 1. The minimum absolute atomic E-state index is 0.0499. The molecule has 1 aliphatic rings. The van der Waals surface area contributed by atoms with Crippen molar-refractivity contribution in [1.82, 2.24) is 19.2 Å². The first-order chi connectivity index (χ1) is 16.0. The molecule has 3 N–H and O–H groups in total. The van der Waals surface area contributed by atoms with Gasteiger partial charge in [0, 0.05) is 37.8 Å². The second-order valence-corrected chi connectivity index (χ2v) is 8.56. The first kappa shape index (κ1) is 22.4. The number of likely N-dealkylation sites (N-methyl/N-ethyl adjacent to an activating group) is 1. The summed E-state index contributed by atoms with van der Waals surface area (Å²) in [7, 11) is 1.91. The normalized spacial score (nSPS) is 15.7. The Balaban J connectivity index is 1.57. The molecule has 3 heterocycles. The van der Waals surface area contributed by atoms with Crippen molar-refractivity contribution < 1.29 is 9.59 Å². The molecule has 1 aromatic carbocycles. The fourth-order valence-electron chi connectivity index (χ4n) is 3.80. The average Bonchev–Trinajstić information content (AvgIpc) is 3.32. The molecule has 2 amide bonds. The molecule has 0 aliphatic carbocycles. The van der Waals surface area contributed by atoms with E-state index in [9.17, 15) is 9.59 Å². The number of carbonyl (C=O) groups excluding carboxylic acids is 2. The van der Waals surface area contributed by atoms with Crippen molar-refractivity contribution in [2.45, 2.75) is 18.9 Å². The van der Waals surface area contributed by atoms with Crippen LogP contribution < -0.4 is 16.0 Å². The van der Waals surface area contributed by atoms with Crippen LogP contribution in [0.5, 0.6) is 0 Å².